The zero-order valence-corrected chi connectivity index (χ0v) is 22.2. The Balaban J connectivity index is 1.49. The first-order valence-electron chi connectivity index (χ1n) is 12.1. The maximum absolute atomic E-state index is 13.8. The molecule has 3 aromatic rings. The Bertz CT molecular complexity index is 1360. The van der Waals surface area contributed by atoms with Crippen LogP contribution in [0.25, 0.3) is 16.8 Å². The van der Waals surface area contributed by atoms with E-state index in [9.17, 15) is 23.4 Å². The van der Waals surface area contributed by atoms with Gasteiger partial charge in [0.05, 0.1) is 23.5 Å². The highest BCUT2D eigenvalue weighted by Gasteiger charge is 2.47. The van der Waals surface area contributed by atoms with Crippen molar-refractivity contribution in [2.24, 2.45) is 0 Å². The van der Waals surface area contributed by atoms with Crippen LogP contribution in [0.2, 0.25) is 5.02 Å². The Morgan fingerprint density at radius 1 is 1.26 bits per heavy atom. The lowest BCUT2D eigenvalue weighted by Gasteiger charge is -2.43. The molecule has 14 heteroatoms. The molecule has 2 unspecified atom stereocenters. The van der Waals surface area contributed by atoms with Crippen LogP contribution < -0.4 is 5.32 Å². The van der Waals surface area contributed by atoms with E-state index < -0.39 is 53.8 Å². The third-order valence-electron chi connectivity index (χ3n) is 6.62. The Morgan fingerprint density at radius 2 is 2.03 bits per heavy atom. The second kappa shape index (κ2) is 11.9. The number of aliphatic hydroxyl groups excluding tert-OH is 2. The van der Waals surface area contributed by atoms with Gasteiger partial charge in [0, 0.05) is 30.3 Å². The molecule has 0 saturated carbocycles. The molecule has 39 heavy (non-hydrogen) atoms. The first-order chi connectivity index (χ1) is 18.8. The van der Waals surface area contributed by atoms with Gasteiger partial charge in [-0.15, -0.1) is 5.10 Å². The van der Waals surface area contributed by atoms with E-state index in [0.717, 1.165) is 41.3 Å². The monoisotopic (exact) mass is 583 g/mol. The molecule has 0 amide bonds. The average molecular weight is 584 g/mol. The fourth-order valence-corrected chi connectivity index (χ4v) is 6.25. The summed E-state index contributed by atoms with van der Waals surface area (Å²) >= 11 is 7.56. The number of aliphatic hydroxyl groups is 2. The Hall–Kier alpha value is -2.52. The highest BCUT2D eigenvalue weighted by atomic mass is 35.5. The van der Waals surface area contributed by atoms with E-state index >= 15 is 0 Å². The normalized spacial score (nSPS) is 25.5. The Kier molecular flexibility index (Phi) is 8.57. The van der Waals surface area contributed by atoms with Crippen LogP contribution in [0, 0.1) is 17.5 Å². The van der Waals surface area contributed by atoms with Gasteiger partial charge in [-0.1, -0.05) is 34.7 Å². The predicted octanol–water partition coefficient (Wildman–Crippen LogP) is 3.21. The number of pyridine rings is 1. The smallest absolute Gasteiger partial charge is 0.194 e. The Labute approximate surface area is 231 Å². The Morgan fingerprint density at radius 3 is 2.69 bits per heavy atom. The fraction of sp³-hybridized carbons (Fsp3) is 0.400. The third-order valence-corrected chi connectivity index (χ3v) is 8.01. The number of methoxy groups -OCH3 is 1. The summed E-state index contributed by atoms with van der Waals surface area (Å²) in [6.45, 7) is 1.01. The van der Waals surface area contributed by atoms with Crippen molar-refractivity contribution >= 4 is 28.9 Å². The molecule has 1 aromatic carbocycles. The highest BCUT2D eigenvalue weighted by molar-refractivity contribution is 7.99. The number of nitrogens with one attached hydrogen (secondary N) is 1. The summed E-state index contributed by atoms with van der Waals surface area (Å²) in [5.41, 5.74) is 1.05. The van der Waals surface area contributed by atoms with Gasteiger partial charge in [-0.25, -0.2) is 17.9 Å². The summed E-state index contributed by atoms with van der Waals surface area (Å²) in [6.07, 6.45) is 2.64. The quantitative estimate of drug-likeness (QED) is 0.361. The first-order valence-corrected chi connectivity index (χ1v) is 13.3. The van der Waals surface area contributed by atoms with Crippen LogP contribution in [0.15, 0.2) is 41.6 Å². The number of rotatable bonds is 7. The molecule has 9 nitrogen and oxygen atoms in total. The van der Waals surface area contributed by atoms with Gasteiger partial charge in [-0.3, -0.25) is 4.98 Å². The molecule has 0 spiro atoms. The van der Waals surface area contributed by atoms with Crippen molar-refractivity contribution in [2.75, 3.05) is 26.8 Å². The van der Waals surface area contributed by atoms with Crippen molar-refractivity contribution in [3.63, 3.8) is 0 Å². The number of nitrogens with zero attached hydrogens (tertiary/aromatic N) is 4. The molecule has 1 fully saturated rings. The maximum Gasteiger partial charge on any atom is 0.194 e. The summed E-state index contributed by atoms with van der Waals surface area (Å²) in [7, 11) is 1.44. The van der Waals surface area contributed by atoms with Crippen LogP contribution in [0.1, 0.15) is 18.2 Å². The largest absolute Gasteiger partial charge is 0.394 e. The number of hydrogen-bond acceptors (Lipinski definition) is 9. The van der Waals surface area contributed by atoms with Crippen LogP contribution in [0.4, 0.5) is 13.2 Å². The molecule has 208 valence electrons. The zero-order valence-electron chi connectivity index (χ0n) is 20.6. The molecule has 2 aliphatic rings. The van der Waals surface area contributed by atoms with E-state index in [4.69, 9.17) is 21.1 Å². The second-order valence-electron chi connectivity index (χ2n) is 9.05. The topological polar surface area (TPSA) is 115 Å². The lowest BCUT2D eigenvalue weighted by molar-refractivity contribution is -0.186. The maximum atomic E-state index is 13.8. The van der Waals surface area contributed by atoms with Gasteiger partial charge in [-0.05, 0) is 36.7 Å². The van der Waals surface area contributed by atoms with E-state index in [1.807, 2.05) is 0 Å². The summed E-state index contributed by atoms with van der Waals surface area (Å²) < 4.78 is 54.2. The number of ether oxygens (including phenoxy) is 2. The first kappa shape index (κ1) is 28.0. The molecule has 5 rings (SSSR count). The zero-order chi connectivity index (χ0) is 27.7. The van der Waals surface area contributed by atoms with Crippen molar-refractivity contribution in [2.45, 2.75) is 41.1 Å². The molecular formula is C25H25ClF3N5O4S. The minimum Gasteiger partial charge on any atom is -0.394 e. The van der Waals surface area contributed by atoms with Crippen LogP contribution in [-0.2, 0) is 9.47 Å². The van der Waals surface area contributed by atoms with Crippen molar-refractivity contribution in [3.8, 4) is 11.3 Å². The van der Waals surface area contributed by atoms with Crippen molar-refractivity contribution in [1.29, 1.82) is 0 Å². The SMILES string of the molecule is COC1[C@@H](Sc2cc(Cl)cnc2C2=CCNCC2)OC(CO)[C@H](O)[C@@H]1n1cc(-c2cc(F)c(F)c(F)c2)nn1. The standard InChI is InChI=1S/C25H25ClF3N5O4S/c1-37-24-22(34-10-17(32-33-34)13-6-15(27)20(29)16(28)7-13)23(36)18(11-35)38-25(24)39-19-8-14(26)9-31-21(19)12-2-4-30-5-3-12/h2,6-10,18,22-25,30,35-36H,3-5,11H2,1H3/t18?,22-,23-,24?,25+/m0/s1. The van der Waals surface area contributed by atoms with E-state index in [2.05, 4.69) is 26.7 Å². The van der Waals surface area contributed by atoms with Gasteiger partial charge >= 0.3 is 0 Å². The molecule has 3 N–H and O–H groups in total. The second-order valence-corrected chi connectivity index (χ2v) is 10.6. The van der Waals surface area contributed by atoms with Crippen molar-refractivity contribution in [1.82, 2.24) is 25.3 Å². The van der Waals surface area contributed by atoms with Gasteiger partial charge in [0.25, 0.3) is 0 Å². The molecule has 2 aliphatic heterocycles. The van der Waals surface area contributed by atoms with Gasteiger partial charge in [-0.2, -0.15) is 0 Å². The third kappa shape index (κ3) is 5.71. The number of hydrogen-bond donors (Lipinski definition) is 3. The van der Waals surface area contributed by atoms with Crippen LogP contribution in [-0.4, -0.2) is 80.7 Å². The van der Waals surface area contributed by atoms with Crippen molar-refractivity contribution in [3.05, 3.63) is 64.8 Å². The van der Waals surface area contributed by atoms with Crippen LogP contribution in [0.5, 0.6) is 0 Å². The van der Waals surface area contributed by atoms with Crippen LogP contribution in [0.3, 0.4) is 0 Å². The van der Waals surface area contributed by atoms with Gasteiger partial charge in [0.15, 0.2) is 17.5 Å². The molecule has 4 heterocycles. The van der Waals surface area contributed by atoms with Crippen molar-refractivity contribution < 1.29 is 32.9 Å². The van der Waals surface area contributed by atoms with Crippen LogP contribution >= 0.6 is 23.4 Å². The molecule has 1 saturated heterocycles. The van der Waals surface area contributed by atoms with E-state index in [1.54, 1.807) is 12.3 Å². The lowest BCUT2D eigenvalue weighted by atomic mass is 9.97. The molecule has 0 radical (unpaired) electrons. The number of halogens is 4. The number of aromatic nitrogens is 4. The molecule has 0 aliphatic carbocycles. The average Bonchev–Trinajstić information content (AvgIpc) is 3.42. The van der Waals surface area contributed by atoms with Gasteiger partial charge in [0.2, 0.25) is 0 Å². The summed E-state index contributed by atoms with van der Waals surface area (Å²) in [5.74, 6) is -4.33. The van der Waals surface area contributed by atoms with E-state index in [-0.39, 0.29) is 11.3 Å². The summed E-state index contributed by atoms with van der Waals surface area (Å²) in [6, 6.07) is 2.47. The van der Waals surface area contributed by atoms with Gasteiger partial charge < -0.3 is 25.0 Å². The molecule has 0 bridgehead atoms. The molecule has 2 aromatic heterocycles. The summed E-state index contributed by atoms with van der Waals surface area (Å²) in [5, 5.41) is 32.8. The van der Waals surface area contributed by atoms with E-state index in [1.165, 1.54) is 29.8 Å². The molecule has 5 atom stereocenters. The fourth-order valence-electron chi connectivity index (χ4n) is 4.68. The summed E-state index contributed by atoms with van der Waals surface area (Å²) in [4.78, 5) is 5.28. The minimum absolute atomic E-state index is 0.0392. The van der Waals surface area contributed by atoms with Gasteiger partial charge in [0.1, 0.15) is 35.5 Å². The number of thioether (sulfide) groups is 1. The minimum atomic E-state index is -1.59. The lowest BCUT2D eigenvalue weighted by Crippen LogP contribution is -2.55. The predicted molar refractivity (Wildman–Crippen MR) is 137 cm³/mol. The molecular weight excluding hydrogens is 559 g/mol. The number of benzene rings is 1. The van der Waals surface area contributed by atoms with E-state index in [0.29, 0.717) is 11.6 Å². The highest BCUT2D eigenvalue weighted by Crippen LogP contribution is 2.42.